The summed E-state index contributed by atoms with van der Waals surface area (Å²) in [5, 5.41) is 2.58. The molecule has 0 aromatic heterocycles. The number of halogens is 2. The lowest BCUT2D eigenvalue weighted by Crippen LogP contribution is -2.20. The molecule has 152 valence electrons. The van der Waals surface area contributed by atoms with Crippen LogP contribution in [0.25, 0.3) is 0 Å². The lowest BCUT2D eigenvalue weighted by Gasteiger charge is -2.13. The lowest BCUT2D eigenvalue weighted by molar-refractivity contribution is -0.0514. The monoisotopic (exact) mass is 414 g/mol. The Bertz CT molecular complexity index is 964. The average Bonchev–Trinajstić information content (AvgIpc) is 2.64. The number of carbonyl (C=O) groups is 1. The second-order valence-electron chi connectivity index (χ2n) is 5.61. The molecule has 0 spiro atoms. The molecule has 2 N–H and O–H groups in total. The van der Waals surface area contributed by atoms with Gasteiger partial charge in [-0.1, -0.05) is 6.07 Å². The largest absolute Gasteiger partial charge is 0.490 e. The Kier molecular flexibility index (Phi) is 6.92. The molecule has 0 atom stereocenters. The number of carbonyl (C=O) groups excluding carboxylic acids is 1. The van der Waals surface area contributed by atoms with E-state index in [-0.39, 0.29) is 34.3 Å². The van der Waals surface area contributed by atoms with Crippen LogP contribution in [0.15, 0.2) is 41.3 Å². The first-order chi connectivity index (χ1) is 13.2. The van der Waals surface area contributed by atoms with Crippen molar-refractivity contribution in [1.82, 2.24) is 4.72 Å². The molecule has 2 rings (SSSR count). The van der Waals surface area contributed by atoms with Crippen molar-refractivity contribution >= 4 is 21.6 Å². The quantitative estimate of drug-likeness (QED) is 0.692. The van der Waals surface area contributed by atoms with Crippen LogP contribution in [0.1, 0.15) is 22.8 Å². The van der Waals surface area contributed by atoms with Crippen molar-refractivity contribution in [3.8, 4) is 11.5 Å². The van der Waals surface area contributed by atoms with Crippen molar-refractivity contribution in [3.05, 3.63) is 47.5 Å². The zero-order valence-corrected chi connectivity index (χ0v) is 16.3. The Morgan fingerprint density at radius 1 is 1.14 bits per heavy atom. The Morgan fingerprint density at radius 2 is 1.86 bits per heavy atom. The maximum Gasteiger partial charge on any atom is 0.387 e. The Morgan fingerprint density at radius 3 is 2.46 bits per heavy atom. The van der Waals surface area contributed by atoms with Gasteiger partial charge in [-0.2, -0.15) is 8.78 Å². The summed E-state index contributed by atoms with van der Waals surface area (Å²) in [4.78, 5) is 12.5. The number of nitrogens with one attached hydrogen (secondary N) is 2. The van der Waals surface area contributed by atoms with Crippen molar-refractivity contribution in [2.24, 2.45) is 0 Å². The van der Waals surface area contributed by atoms with E-state index in [2.05, 4.69) is 14.8 Å². The number of sulfonamides is 1. The van der Waals surface area contributed by atoms with Crippen LogP contribution in [0.3, 0.4) is 0 Å². The molecule has 0 aliphatic heterocycles. The van der Waals surface area contributed by atoms with Gasteiger partial charge < -0.3 is 14.8 Å². The minimum atomic E-state index is -3.69. The summed E-state index contributed by atoms with van der Waals surface area (Å²) in [5.41, 5.74) is 0.901. The fraction of sp³-hybridized carbons (Fsp3) is 0.278. The standard InChI is InChI=1S/C18H20F2N2O5S/c1-4-26-15-9-12(6-8-14(15)27-18(19)20)17(23)22-13-7-5-11(2)16(10-13)28(24,25)21-3/h5-10,18,21H,4H2,1-3H3,(H,22,23). The Labute approximate surface area is 161 Å². The smallest absolute Gasteiger partial charge is 0.387 e. The highest BCUT2D eigenvalue weighted by molar-refractivity contribution is 7.89. The van der Waals surface area contributed by atoms with Gasteiger partial charge in [0.15, 0.2) is 11.5 Å². The lowest BCUT2D eigenvalue weighted by atomic mass is 10.1. The highest BCUT2D eigenvalue weighted by Gasteiger charge is 2.18. The van der Waals surface area contributed by atoms with Crippen LogP contribution >= 0.6 is 0 Å². The predicted molar refractivity (Wildman–Crippen MR) is 99.6 cm³/mol. The third-order valence-electron chi connectivity index (χ3n) is 3.73. The van der Waals surface area contributed by atoms with E-state index in [1.54, 1.807) is 26.0 Å². The highest BCUT2D eigenvalue weighted by atomic mass is 32.2. The number of hydrogen-bond acceptors (Lipinski definition) is 5. The van der Waals surface area contributed by atoms with Crippen LogP contribution in [0.2, 0.25) is 0 Å². The van der Waals surface area contributed by atoms with Crippen LogP contribution in [0, 0.1) is 6.92 Å². The molecule has 0 fully saturated rings. The van der Waals surface area contributed by atoms with Crippen molar-refractivity contribution < 1.29 is 31.5 Å². The van der Waals surface area contributed by atoms with Gasteiger partial charge in [0.2, 0.25) is 10.0 Å². The molecule has 7 nitrogen and oxygen atoms in total. The van der Waals surface area contributed by atoms with E-state index in [0.29, 0.717) is 5.56 Å². The third-order valence-corrected chi connectivity index (χ3v) is 5.28. The summed E-state index contributed by atoms with van der Waals surface area (Å²) in [6.07, 6.45) is 0. The van der Waals surface area contributed by atoms with Gasteiger partial charge in [-0.3, -0.25) is 4.79 Å². The molecule has 0 aliphatic rings. The van der Waals surface area contributed by atoms with Gasteiger partial charge in [-0.25, -0.2) is 13.1 Å². The zero-order chi connectivity index (χ0) is 20.9. The molecule has 0 aliphatic carbocycles. The van der Waals surface area contributed by atoms with E-state index in [1.807, 2.05) is 0 Å². The van der Waals surface area contributed by atoms with Gasteiger partial charge in [-0.05, 0) is 56.8 Å². The second kappa shape index (κ2) is 8.98. The minimum absolute atomic E-state index is 0.00203. The molecule has 0 bridgehead atoms. The Hall–Kier alpha value is -2.72. The van der Waals surface area contributed by atoms with Crippen LogP contribution in [-0.2, 0) is 10.0 Å². The van der Waals surface area contributed by atoms with E-state index in [1.165, 1.54) is 31.3 Å². The molecular weight excluding hydrogens is 394 g/mol. The molecule has 0 unspecified atom stereocenters. The molecule has 1 amide bonds. The van der Waals surface area contributed by atoms with E-state index in [9.17, 15) is 22.0 Å². The van der Waals surface area contributed by atoms with Crippen LogP contribution in [0.4, 0.5) is 14.5 Å². The number of hydrogen-bond donors (Lipinski definition) is 2. The first-order valence-corrected chi connectivity index (χ1v) is 9.73. The van der Waals surface area contributed by atoms with Gasteiger partial charge in [0, 0.05) is 11.3 Å². The van der Waals surface area contributed by atoms with E-state index in [0.717, 1.165) is 0 Å². The first-order valence-electron chi connectivity index (χ1n) is 8.25. The minimum Gasteiger partial charge on any atom is -0.490 e. The van der Waals surface area contributed by atoms with Crippen LogP contribution in [0.5, 0.6) is 11.5 Å². The predicted octanol–water partition coefficient (Wildman–Crippen LogP) is 3.16. The number of benzene rings is 2. The van der Waals surface area contributed by atoms with Crippen LogP contribution in [-0.4, -0.2) is 34.6 Å². The average molecular weight is 414 g/mol. The molecule has 2 aromatic carbocycles. The maximum atomic E-state index is 12.5. The zero-order valence-electron chi connectivity index (χ0n) is 15.5. The summed E-state index contributed by atoms with van der Waals surface area (Å²) < 4.78 is 60.9. The van der Waals surface area contributed by atoms with Crippen LogP contribution < -0.4 is 19.5 Å². The second-order valence-corrected chi connectivity index (χ2v) is 7.47. The SMILES string of the molecule is CCOc1cc(C(=O)Nc2ccc(C)c(S(=O)(=O)NC)c2)ccc1OC(F)F. The molecule has 2 aromatic rings. The fourth-order valence-electron chi connectivity index (χ4n) is 2.39. The first kappa shape index (κ1) is 21.6. The maximum absolute atomic E-state index is 12.5. The van der Waals surface area contributed by atoms with Gasteiger partial charge >= 0.3 is 6.61 Å². The number of rotatable bonds is 8. The van der Waals surface area contributed by atoms with E-state index >= 15 is 0 Å². The van der Waals surface area contributed by atoms with Crippen molar-refractivity contribution in [1.29, 1.82) is 0 Å². The normalized spacial score (nSPS) is 11.4. The molecule has 0 saturated heterocycles. The fourth-order valence-corrected chi connectivity index (χ4v) is 3.39. The molecule has 28 heavy (non-hydrogen) atoms. The topological polar surface area (TPSA) is 93.7 Å². The molecule has 0 heterocycles. The highest BCUT2D eigenvalue weighted by Crippen LogP contribution is 2.30. The summed E-state index contributed by atoms with van der Waals surface area (Å²) in [6, 6.07) is 8.23. The van der Waals surface area contributed by atoms with E-state index in [4.69, 9.17) is 4.74 Å². The number of anilines is 1. The van der Waals surface area contributed by atoms with Gasteiger partial charge in [0.25, 0.3) is 5.91 Å². The van der Waals surface area contributed by atoms with Crippen molar-refractivity contribution in [2.75, 3.05) is 19.0 Å². The summed E-state index contributed by atoms with van der Waals surface area (Å²) in [7, 11) is -2.40. The van der Waals surface area contributed by atoms with Gasteiger partial charge in [0.1, 0.15) is 0 Å². The van der Waals surface area contributed by atoms with Gasteiger partial charge in [-0.15, -0.1) is 0 Å². The van der Waals surface area contributed by atoms with Crippen molar-refractivity contribution in [3.63, 3.8) is 0 Å². The van der Waals surface area contributed by atoms with Crippen molar-refractivity contribution in [2.45, 2.75) is 25.4 Å². The van der Waals surface area contributed by atoms with E-state index < -0.39 is 22.5 Å². The number of aryl methyl sites for hydroxylation is 1. The molecular formula is C18H20F2N2O5S. The molecule has 10 heteroatoms. The number of ether oxygens (including phenoxy) is 2. The molecule has 0 saturated carbocycles. The summed E-state index contributed by atoms with van der Waals surface area (Å²) in [5.74, 6) is -0.759. The number of amides is 1. The number of alkyl halides is 2. The Balaban J connectivity index is 2.30. The summed E-state index contributed by atoms with van der Waals surface area (Å²) in [6.45, 7) is 0.452. The summed E-state index contributed by atoms with van der Waals surface area (Å²) >= 11 is 0. The molecule has 0 radical (unpaired) electrons. The third kappa shape index (κ3) is 5.17. The van der Waals surface area contributed by atoms with Gasteiger partial charge in [0.05, 0.1) is 11.5 Å².